The summed E-state index contributed by atoms with van der Waals surface area (Å²) >= 11 is 0. The highest BCUT2D eigenvalue weighted by Gasteiger charge is 2.31. The minimum absolute atomic E-state index is 0.0489. The monoisotopic (exact) mass is 267 g/mol. The van der Waals surface area contributed by atoms with E-state index < -0.39 is 17.6 Å². The van der Waals surface area contributed by atoms with Crippen LogP contribution in [0, 0.1) is 5.82 Å². The average Bonchev–Trinajstić information content (AvgIpc) is 2.28. The molecule has 0 spiro atoms. The molecular weight excluding hydrogens is 257 g/mol. The first-order chi connectivity index (χ1) is 8.36. The fourth-order valence-electron chi connectivity index (χ4n) is 1.12. The molecule has 2 N–H and O–H groups in total. The van der Waals surface area contributed by atoms with Crippen molar-refractivity contribution >= 4 is 0 Å². The summed E-state index contributed by atoms with van der Waals surface area (Å²) in [7, 11) is 0. The molecule has 0 bridgehead atoms. The number of nitrogens with two attached hydrogens (primary N) is 1. The summed E-state index contributed by atoms with van der Waals surface area (Å²) < 4.78 is 67.0. The van der Waals surface area contributed by atoms with Gasteiger partial charge in [-0.15, -0.1) is 0 Å². The van der Waals surface area contributed by atoms with Gasteiger partial charge in [0.2, 0.25) is 0 Å². The lowest BCUT2D eigenvalue weighted by Crippen LogP contribution is -2.11. The molecule has 100 valence electrons. The van der Waals surface area contributed by atoms with E-state index in [4.69, 9.17) is 10.5 Å². The van der Waals surface area contributed by atoms with Crippen LogP contribution in [0.1, 0.15) is 5.56 Å². The lowest BCUT2D eigenvalue weighted by molar-refractivity contribution is -0.137. The van der Waals surface area contributed by atoms with Crippen LogP contribution in [-0.2, 0) is 6.18 Å². The SMILES string of the molecule is NC/C(=C/F)COc1cc(F)cc(C(F)(F)F)c1. The second-order valence-electron chi connectivity index (χ2n) is 3.43. The quantitative estimate of drug-likeness (QED) is 0.851. The molecule has 1 rings (SSSR count). The molecule has 7 heteroatoms. The Morgan fingerprint density at radius 2 is 1.94 bits per heavy atom. The van der Waals surface area contributed by atoms with Gasteiger partial charge in [0.1, 0.15) is 18.2 Å². The van der Waals surface area contributed by atoms with Crippen molar-refractivity contribution in [2.45, 2.75) is 6.18 Å². The summed E-state index contributed by atoms with van der Waals surface area (Å²) in [6.07, 6.45) is -4.48. The first-order valence-electron chi connectivity index (χ1n) is 4.85. The molecule has 0 amide bonds. The van der Waals surface area contributed by atoms with Crippen LogP contribution in [0.15, 0.2) is 30.1 Å². The van der Waals surface area contributed by atoms with Crippen molar-refractivity contribution < 1.29 is 26.7 Å². The fraction of sp³-hybridized carbons (Fsp3) is 0.273. The van der Waals surface area contributed by atoms with Gasteiger partial charge in [0.25, 0.3) is 0 Å². The summed E-state index contributed by atoms with van der Waals surface area (Å²) in [5.41, 5.74) is 4.01. The molecule has 0 aliphatic heterocycles. The summed E-state index contributed by atoms with van der Waals surface area (Å²) in [5.74, 6) is -1.42. The van der Waals surface area contributed by atoms with Gasteiger partial charge in [0, 0.05) is 18.2 Å². The van der Waals surface area contributed by atoms with Crippen LogP contribution in [0.4, 0.5) is 22.0 Å². The highest BCUT2D eigenvalue weighted by atomic mass is 19.4. The van der Waals surface area contributed by atoms with Gasteiger partial charge < -0.3 is 10.5 Å². The van der Waals surface area contributed by atoms with Crippen molar-refractivity contribution in [1.29, 1.82) is 0 Å². The Balaban J connectivity index is 2.87. The Morgan fingerprint density at radius 1 is 1.28 bits per heavy atom. The molecule has 0 aliphatic carbocycles. The van der Waals surface area contributed by atoms with Crippen LogP contribution in [0.2, 0.25) is 0 Å². The molecule has 0 fully saturated rings. The summed E-state index contributed by atoms with van der Waals surface area (Å²) in [4.78, 5) is 0. The molecule has 0 heterocycles. The number of halogens is 5. The van der Waals surface area contributed by atoms with E-state index in [0.717, 1.165) is 6.07 Å². The topological polar surface area (TPSA) is 35.2 Å². The molecule has 18 heavy (non-hydrogen) atoms. The van der Waals surface area contributed by atoms with E-state index in [9.17, 15) is 22.0 Å². The van der Waals surface area contributed by atoms with E-state index in [2.05, 4.69) is 0 Å². The van der Waals surface area contributed by atoms with Gasteiger partial charge in [0.15, 0.2) is 0 Å². The van der Waals surface area contributed by atoms with Crippen LogP contribution in [0.3, 0.4) is 0 Å². The van der Waals surface area contributed by atoms with Crippen molar-refractivity contribution in [2.75, 3.05) is 13.2 Å². The van der Waals surface area contributed by atoms with E-state index in [0.29, 0.717) is 12.1 Å². The first kappa shape index (κ1) is 14.4. The number of hydrogen-bond acceptors (Lipinski definition) is 2. The van der Waals surface area contributed by atoms with Gasteiger partial charge in [-0.25, -0.2) is 8.78 Å². The third-order valence-electron chi connectivity index (χ3n) is 2.04. The van der Waals surface area contributed by atoms with E-state index in [1.807, 2.05) is 0 Å². The van der Waals surface area contributed by atoms with Crippen molar-refractivity contribution in [3.05, 3.63) is 41.5 Å². The van der Waals surface area contributed by atoms with Gasteiger partial charge in [-0.3, -0.25) is 0 Å². The van der Waals surface area contributed by atoms with Crippen molar-refractivity contribution in [3.63, 3.8) is 0 Å². The van der Waals surface area contributed by atoms with E-state index in [1.54, 1.807) is 0 Å². The van der Waals surface area contributed by atoms with Gasteiger partial charge in [0.05, 0.1) is 11.9 Å². The van der Waals surface area contributed by atoms with Gasteiger partial charge >= 0.3 is 6.18 Å². The third-order valence-corrected chi connectivity index (χ3v) is 2.04. The zero-order valence-electron chi connectivity index (χ0n) is 9.10. The molecule has 0 aliphatic rings. The molecule has 0 atom stereocenters. The highest BCUT2D eigenvalue weighted by Crippen LogP contribution is 2.32. The number of hydrogen-bond donors (Lipinski definition) is 1. The lowest BCUT2D eigenvalue weighted by atomic mass is 10.2. The van der Waals surface area contributed by atoms with E-state index in [-0.39, 0.29) is 30.8 Å². The average molecular weight is 267 g/mol. The maximum Gasteiger partial charge on any atom is 0.416 e. The maximum atomic E-state index is 13.0. The molecular formula is C11H10F5NO. The third kappa shape index (κ3) is 3.99. The zero-order chi connectivity index (χ0) is 13.8. The Labute approximate surface area is 99.8 Å². The second kappa shape index (κ2) is 5.81. The van der Waals surface area contributed by atoms with Crippen LogP contribution in [-0.4, -0.2) is 13.2 Å². The smallest absolute Gasteiger partial charge is 0.416 e. The molecule has 0 saturated heterocycles. The predicted molar refractivity (Wildman–Crippen MR) is 55.1 cm³/mol. The molecule has 2 nitrogen and oxygen atoms in total. The maximum absolute atomic E-state index is 13.0. The summed E-state index contributed by atoms with van der Waals surface area (Å²) in [6.45, 7) is -0.480. The molecule has 0 aromatic heterocycles. The van der Waals surface area contributed by atoms with E-state index >= 15 is 0 Å². The highest BCUT2D eigenvalue weighted by molar-refractivity contribution is 5.31. The standard InChI is InChI=1S/C11H10F5NO/c12-4-7(5-17)6-18-10-2-8(11(14,15)16)1-9(13)3-10/h1-4H,5-6,17H2/b7-4-. The zero-order valence-corrected chi connectivity index (χ0v) is 9.10. The van der Waals surface area contributed by atoms with Crippen LogP contribution < -0.4 is 10.5 Å². The van der Waals surface area contributed by atoms with Gasteiger partial charge in [-0.1, -0.05) is 0 Å². The minimum atomic E-state index is -4.67. The number of rotatable bonds is 4. The van der Waals surface area contributed by atoms with Crippen LogP contribution in [0.25, 0.3) is 0 Å². The fourth-order valence-corrected chi connectivity index (χ4v) is 1.12. The minimum Gasteiger partial charge on any atom is -0.489 e. The Kier molecular flexibility index (Phi) is 4.66. The molecule has 1 aromatic rings. The van der Waals surface area contributed by atoms with Crippen LogP contribution >= 0.6 is 0 Å². The summed E-state index contributed by atoms with van der Waals surface area (Å²) in [6, 6.07) is 1.76. The molecule has 0 saturated carbocycles. The Morgan fingerprint density at radius 3 is 2.44 bits per heavy atom. The molecule has 0 radical (unpaired) electrons. The van der Waals surface area contributed by atoms with Crippen LogP contribution in [0.5, 0.6) is 5.75 Å². The summed E-state index contributed by atoms with van der Waals surface area (Å²) in [5, 5.41) is 0. The molecule has 0 unspecified atom stereocenters. The number of alkyl halides is 3. The number of ether oxygens (including phenoxy) is 1. The largest absolute Gasteiger partial charge is 0.489 e. The van der Waals surface area contributed by atoms with Gasteiger partial charge in [-0.2, -0.15) is 13.2 Å². The predicted octanol–water partition coefficient (Wildman–Crippen LogP) is 3.04. The van der Waals surface area contributed by atoms with E-state index in [1.165, 1.54) is 0 Å². The Hall–Kier alpha value is -1.63. The molecule has 1 aromatic carbocycles. The first-order valence-corrected chi connectivity index (χ1v) is 4.85. The number of benzene rings is 1. The normalized spacial score (nSPS) is 12.7. The Bertz CT molecular complexity index is 442. The van der Waals surface area contributed by atoms with Crippen molar-refractivity contribution in [1.82, 2.24) is 0 Å². The van der Waals surface area contributed by atoms with Crippen molar-refractivity contribution in [2.24, 2.45) is 5.73 Å². The van der Waals surface area contributed by atoms with Gasteiger partial charge in [-0.05, 0) is 12.1 Å². The van der Waals surface area contributed by atoms with Crippen molar-refractivity contribution in [3.8, 4) is 5.75 Å². The lowest BCUT2D eigenvalue weighted by Gasteiger charge is -2.11. The second-order valence-corrected chi connectivity index (χ2v) is 3.43.